The van der Waals surface area contributed by atoms with Crippen molar-refractivity contribution in [3.05, 3.63) is 23.8 Å². The molecule has 0 radical (unpaired) electrons. The molecule has 1 aromatic rings. The zero-order chi connectivity index (χ0) is 14.7. The summed E-state index contributed by atoms with van der Waals surface area (Å²) >= 11 is 0. The van der Waals surface area contributed by atoms with Gasteiger partial charge in [0.05, 0.1) is 5.92 Å². The molecule has 0 bridgehead atoms. The summed E-state index contributed by atoms with van der Waals surface area (Å²) in [5, 5.41) is 31.5. The fraction of sp³-hybridized carbons (Fsp3) is 0.533. The second-order valence-corrected chi connectivity index (χ2v) is 5.51. The first-order chi connectivity index (χ1) is 9.49. The number of hydrogen-bond donors (Lipinski definition) is 4. The summed E-state index contributed by atoms with van der Waals surface area (Å²) in [6.07, 6.45) is 2.64. The van der Waals surface area contributed by atoms with Crippen LogP contribution in [0.15, 0.2) is 18.2 Å². The molecule has 20 heavy (non-hydrogen) atoms. The average molecular weight is 279 g/mol. The van der Waals surface area contributed by atoms with Crippen molar-refractivity contribution in [2.24, 2.45) is 11.8 Å². The molecule has 0 saturated heterocycles. The molecule has 0 aliphatic heterocycles. The van der Waals surface area contributed by atoms with E-state index in [9.17, 15) is 15.0 Å². The lowest BCUT2D eigenvalue weighted by Crippen LogP contribution is -2.30. The average Bonchev–Trinajstić information content (AvgIpc) is 2.84. The van der Waals surface area contributed by atoms with Crippen LogP contribution in [0.5, 0.6) is 11.5 Å². The van der Waals surface area contributed by atoms with Crippen LogP contribution in [0.3, 0.4) is 0 Å². The van der Waals surface area contributed by atoms with E-state index in [-0.39, 0.29) is 29.4 Å². The number of hydrogen-bond acceptors (Lipinski definition) is 4. The molecule has 1 aliphatic rings. The van der Waals surface area contributed by atoms with E-state index in [1.54, 1.807) is 6.07 Å². The normalized spacial score (nSPS) is 23.6. The highest BCUT2D eigenvalue weighted by atomic mass is 16.4. The second-order valence-electron chi connectivity index (χ2n) is 5.51. The Kier molecular flexibility index (Phi) is 4.49. The maximum Gasteiger partial charge on any atom is 0.306 e. The molecule has 0 spiro atoms. The number of rotatable bonds is 5. The Hall–Kier alpha value is -1.75. The molecule has 1 fully saturated rings. The molecule has 1 saturated carbocycles. The fourth-order valence-corrected chi connectivity index (χ4v) is 2.94. The first kappa shape index (κ1) is 14.7. The van der Waals surface area contributed by atoms with Crippen molar-refractivity contribution in [2.75, 3.05) is 6.54 Å². The molecular weight excluding hydrogens is 258 g/mol. The van der Waals surface area contributed by atoms with Crippen LogP contribution in [0.1, 0.15) is 37.8 Å². The van der Waals surface area contributed by atoms with Crippen molar-refractivity contribution in [3.8, 4) is 11.5 Å². The van der Waals surface area contributed by atoms with Crippen LogP contribution in [0.2, 0.25) is 0 Å². The third kappa shape index (κ3) is 3.22. The predicted octanol–water partition coefficient (Wildman–Crippen LogP) is 2.25. The van der Waals surface area contributed by atoms with Gasteiger partial charge in [-0.1, -0.05) is 12.5 Å². The van der Waals surface area contributed by atoms with Crippen LogP contribution < -0.4 is 5.32 Å². The lowest BCUT2D eigenvalue weighted by Gasteiger charge is -2.21. The third-order valence-corrected chi connectivity index (χ3v) is 4.14. The number of phenolic OH excluding ortho intramolecular Hbond substituents is 2. The van der Waals surface area contributed by atoms with E-state index in [1.165, 1.54) is 12.1 Å². The lowest BCUT2D eigenvalue weighted by atomic mass is 9.95. The van der Waals surface area contributed by atoms with Crippen LogP contribution in [0.25, 0.3) is 0 Å². The van der Waals surface area contributed by atoms with E-state index in [4.69, 9.17) is 5.11 Å². The summed E-state index contributed by atoms with van der Waals surface area (Å²) in [6.45, 7) is 2.54. The van der Waals surface area contributed by atoms with Crippen LogP contribution in [-0.2, 0) is 4.79 Å². The Morgan fingerprint density at radius 2 is 2.15 bits per heavy atom. The maximum absolute atomic E-state index is 11.1. The minimum atomic E-state index is -0.713. The van der Waals surface area contributed by atoms with Gasteiger partial charge in [0.1, 0.15) is 11.5 Å². The summed E-state index contributed by atoms with van der Waals surface area (Å²) < 4.78 is 0. The van der Waals surface area contributed by atoms with Crippen molar-refractivity contribution in [1.29, 1.82) is 0 Å². The molecule has 0 amide bonds. The van der Waals surface area contributed by atoms with E-state index in [0.717, 1.165) is 19.3 Å². The van der Waals surface area contributed by atoms with Gasteiger partial charge in [0.25, 0.3) is 0 Å². The number of benzene rings is 1. The standard InChI is InChI=1S/C15H21NO4/c1-9(12-6-5-11(17)7-14(12)18)16-8-10-3-2-4-13(10)15(19)20/h5-7,9-10,13,16-18H,2-4,8H2,1H3,(H,19,20). The van der Waals surface area contributed by atoms with Crippen molar-refractivity contribution in [1.82, 2.24) is 5.32 Å². The van der Waals surface area contributed by atoms with Gasteiger partial charge in [0.15, 0.2) is 0 Å². The third-order valence-electron chi connectivity index (χ3n) is 4.14. The number of carboxylic acids is 1. The quantitative estimate of drug-likeness (QED) is 0.664. The highest BCUT2D eigenvalue weighted by Crippen LogP contribution is 2.33. The van der Waals surface area contributed by atoms with E-state index in [1.807, 2.05) is 6.92 Å². The van der Waals surface area contributed by atoms with Crippen molar-refractivity contribution in [2.45, 2.75) is 32.2 Å². The first-order valence-corrected chi connectivity index (χ1v) is 6.97. The first-order valence-electron chi connectivity index (χ1n) is 6.97. The Bertz CT molecular complexity index is 489. The van der Waals surface area contributed by atoms with E-state index in [0.29, 0.717) is 12.1 Å². The van der Waals surface area contributed by atoms with E-state index in [2.05, 4.69) is 5.32 Å². The summed E-state index contributed by atoms with van der Waals surface area (Å²) in [5.41, 5.74) is 0.702. The van der Waals surface area contributed by atoms with Gasteiger partial charge in [-0.15, -0.1) is 0 Å². The number of nitrogens with one attached hydrogen (secondary N) is 1. The summed E-state index contributed by atoms with van der Waals surface area (Å²) in [4.78, 5) is 11.1. The number of phenols is 2. The number of aliphatic carboxylic acids is 1. The molecule has 5 heteroatoms. The minimum Gasteiger partial charge on any atom is -0.508 e. The van der Waals surface area contributed by atoms with E-state index >= 15 is 0 Å². The van der Waals surface area contributed by atoms with Gasteiger partial charge in [-0.3, -0.25) is 4.79 Å². The summed E-state index contributed by atoms with van der Waals surface area (Å²) in [7, 11) is 0. The van der Waals surface area contributed by atoms with Crippen molar-refractivity contribution >= 4 is 5.97 Å². The van der Waals surface area contributed by atoms with E-state index < -0.39 is 5.97 Å². The van der Waals surface area contributed by atoms with Gasteiger partial charge in [-0.25, -0.2) is 0 Å². The highest BCUT2D eigenvalue weighted by Gasteiger charge is 2.32. The smallest absolute Gasteiger partial charge is 0.306 e. The van der Waals surface area contributed by atoms with Crippen LogP contribution in [0, 0.1) is 11.8 Å². The molecular formula is C15H21NO4. The largest absolute Gasteiger partial charge is 0.508 e. The van der Waals surface area contributed by atoms with Gasteiger partial charge in [0.2, 0.25) is 0 Å². The van der Waals surface area contributed by atoms with Gasteiger partial charge < -0.3 is 20.6 Å². The molecule has 0 aromatic heterocycles. The molecule has 3 unspecified atom stereocenters. The Balaban J connectivity index is 1.95. The Morgan fingerprint density at radius 3 is 2.80 bits per heavy atom. The highest BCUT2D eigenvalue weighted by molar-refractivity contribution is 5.70. The molecule has 4 N–H and O–H groups in total. The molecule has 5 nitrogen and oxygen atoms in total. The van der Waals surface area contributed by atoms with Gasteiger partial charge in [-0.2, -0.15) is 0 Å². The lowest BCUT2D eigenvalue weighted by molar-refractivity contribution is -0.142. The Labute approximate surface area is 118 Å². The summed E-state index contributed by atoms with van der Waals surface area (Å²) in [6, 6.07) is 4.42. The number of carboxylic acid groups (broad SMARTS) is 1. The number of aromatic hydroxyl groups is 2. The molecule has 1 aliphatic carbocycles. The number of carbonyl (C=O) groups is 1. The predicted molar refractivity (Wildman–Crippen MR) is 74.7 cm³/mol. The van der Waals surface area contributed by atoms with Crippen LogP contribution in [0.4, 0.5) is 0 Å². The molecule has 3 atom stereocenters. The second kappa shape index (κ2) is 6.13. The van der Waals surface area contributed by atoms with Crippen molar-refractivity contribution in [3.63, 3.8) is 0 Å². The van der Waals surface area contributed by atoms with Crippen LogP contribution >= 0.6 is 0 Å². The van der Waals surface area contributed by atoms with Gasteiger partial charge in [0, 0.05) is 17.7 Å². The monoisotopic (exact) mass is 279 g/mol. The summed E-state index contributed by atoms with van der Waals surface area (Å²) in [5.74, 6) is -0.752. The maximum atomic E-state index is 11.1. The minimum absolute atomic E-state index is 0.0279. The van der Waals surface area contributed by atoms with Crippen molar-refractivity contribution < 1.29 is 20.1 Å². The molecule has 0 heterocycles. The Morgan fingerprint density at radius 1 is 1.40 bits per heavy atom. The molecule has 110 valence electrons. The zero-order valence-corrected chi connectivity index (χ0v) is 11.5. The topological polar surface area (TPSA) is 89.8 Å². The van der Waals surface area contributed by atoms with Gasteiger partial charge >= 0.3 is 5.97 Å². The molecule has 1 aromatic carbocycles. The van der Waals surface area contributed by atoms with Gasteiger partial charge in [-0.05, 0) is 38.3 Å². The SMILES string of the molecule is CC(NCC1CCCC1C(=O)O)c1ccc(O)cc1O. The molecule has 2 rings (SSSR count). The zero-order valence-electron chi connectivity index (χ0n) is 11.5. The fourth-order valence-electron chi connectivity index (χ4n) is 2.94. The van der Waals surface area contributed by atoms with Crippen LogP contribution in [-0.4, -0.2) is 27.8 Å².